The van der Waals surface area contributed by atoms with Crippen molar-refractivity contribution in [3.63, 3.8) is 0 Å². The Labute approximate surface area is 126 Å². The van der Waals surface area contributed by atoms with E-state index in [1.165, 1.54) is 6.92 Å². The highest BCUT2D eigenvalue weighted by Crippen LogP contribution is 2.03. The van der Waals surface area contributed by atoms with Crippen molar-refractivity contribution >= 4 is 5.91 Å². The molecule has 0 heterocycles. The average Bonchev–Trinajstić information content (AvgIpc) is 2.45. The van der Waals surface area contributed by atoms with E-state index in [-0.39, 0.29) is 18.6 Å². The second-order valence-corrected chi connectivity index (χ2v) is 4.88. The quantitative estimate of drug-likeness (QED) is 0.452. The highest BCUT2D eigenvalue weighted by molar-refractivity contribution is 5.73. The van der Waals surface area contributed by atoms with Crippen molar-refractivity contribution in [3.8, 4) is 0 Å². The van der Waals surface area contributed by atoms with Crippen LogP contribution < -0.4 is 0 Å². The van der Waals surface area contributed by atoms with Crippen LogP contribution >= 0.6 is 0 Å². The van der Waals surface area contributed by atoms with E-state index in [2.05, 4.69) is 0 Å². The molecular weight excluding hydrogens is 278 g/mol. The molecule has 0 spiro atoms. The number of hydrogen-bond acceptors (Lipinski definition) is 6. The third-order valence-corrected chi connectivity index (χ3v) is 3.01. The molecule has 0 aliphatic heterocycles. The summed E-state index contributed by atoms with van der Waals surface area (Å²) in [6.45, 7) is 3.54. The van der Waals surface area contributed by atoms with Crippen LogP contribution in [0.3, 0.4) is 0 Å². The van der Waals surface area contributed by atoms with E-state index in [0.717, 1.165) is 6.42 Å². The van der Waals surface area contributed by atoms with E-state index in [4.69, 9.17) is 19.3 Å². The molecule has 0 fully saturated rings. The van der Waals surface area contributed by atoms with Gasteiger partial charge in [-0.05, 0) is 12.8 Å². The predicted molar refractivity (Wildman–Crippen MR) is 78.1 cm³/mol. The van der Waals surface area contributed by atoms with E-state index in [0.29, 0.717) is 39.3 Å². The largest absolute Gasteiger partial charge is 0.394 e. The number of aliphatic hydroxyl groups excluding tert-OH is 2. The van der Waals surface area contributed by atoms with Gasteiger partial charge in [-0.1, -0.05) is 0 Å². The van der Waals surface area contributed by atoms with Gasteiger partial charge in [0.1, 0.15) is 0 Å². The summed E-state index contributed by atoms with van der Waals surface area (Å²) in [7, 11) is 3.20. The van der Waals surface area contributed by atoms with Crippen LogP contribution in [0.15, 0.2) is 0 Å². The molecule has 21 heavy (non-hydrogen) atoms. The summed E-state index contributed by atoms with van der Waals surface area (Å²) < 4.78 is 15.7. The highest BCUT2D eigenvalue weighted by Gasteiger charge is 2.17. The summed E-state index contributed by atoms with van der Waals surface area (Å²) in [4.78, 5) is 13.3. The zero-order chi connectivity index (χ0) is 16.1. The minimum Gasteiger partial charge on any atom is -0.394 e. The molecule has 7 nitrogen and oxygen atoms in total. The van der Waals surface area contributed by atoms with E-state index in [1.807, 2.05) is 0 Å². The zero-order valence-corrected chi connectivity index (χ0v) is 13.3. The van der Waals surface area contributed by atoms with E-state index >= 15 is 0 Å². The first-order chi connectivity index (χ1) is 10.0. The first-order valence-electron chi connectivity index (χ1n) is 7.19. The van der Waals surface area contributed by atoms with Crippen LogP contribution in [-0.2, 0) is 19.0 Å². The molecule has 2 unspecified atom stereocenters. The molecule has 0 saturated heterocycles. The molecule has 0 aromatic carbocycles. The van der Waals surface area contributed by atoms with Gasteiger partial charge in [-0.3, -0.25) is 4.79 Å². The second kappa shape index (κ2) is 13.0. The van der Waals surface area contributed by atoms with Crippen LogP contribution in [0.25, 0.3) is 0 Å². The van der Waals surface area contributed by atoms with Gasteiger partial charge in [-0.15, -0.1) is 0 Å². The minimum absolute atomic E-state index is 0.0220. The molecule has 0 radical (unpaired) electrons. The summed E-state index contributed by atoms with van der Waals surface area (Å²) in [5, 5.41) is 18.0. The molecule has 0 aliphatic carbocycles. The van der Waals surface area contributed by atoms with Gasteiger partial charge in [0.2, 0.25) is 5.91 Å². The third-order valence-electron chi connectivity index (χ3n) is 3.01. The number of methoxy groups -OCH3 is 2. The lowest BCUT2D eigenvalue weighted by Crippen LogP contribution is -2.40. The van der Waals surface area contributed by atoms with Crippen LogP contribution in [0.5, 0.6) is 0 Å². The maximum absolute atomic E-state index is 11.6. The lowest BCUT2D eigenvalue weighted by molar-refractivity contribution is -0.132. The summed E-state index contributed by atoms with van der Waals surface area (Å²) in [6, 6.07) is 0. The van der Waals surface area contributed by atoms with E-state index < -0.39 is 6.10 Å². The molecule has 0 aromatic heterocycles. The van der Waals surface area contributed by atoms with Gasteiger partial charge in [-0.2, -0.15) is 0 Å². The second-order valence-electron chi connectivity index (χ2n) is 4.88. The van der Waals surface area contributed by atoms with Crippen molar-refractivity contribution in [1.29, 1.82) is 0 Å². The molecule has 0 saturated carbocycles. The van der Waals surface area contributed by atoms with Gasteiger partial charge >= 0.3 is 0 Å². The Balaban J connectivity index is 4.24. The van der Waals surface area contributed by atoms with Gasteiger partial charge in [0.05, 0.1) is 25.4 Å². The highest BCUT2D eigenvalue weighted by atomic mass is 16.5. The van der Waals surface area contributed by atoms with E-state index in [9.17, 15) is 9.90 Å². The lowest BCUT2D eigenvalue weighted by atomic mass is 10.2. The number of amides is 1. The normalized spacial score (nSPS) is 14.0. The fraction of sp³-hybridized carbons (Fsp3) is 0.929. The molecule has 126 valence electrons. The first kappa shape index (κ1) is 20.3. The Bertz CT molecular complexity index is 264. The van der Waals surface area contributed by atoms with Gasteiger partial charge in [0, 0.05) is 47.4 Å². The summed E-state index contributed by atoms with van der Waals surface area (Å²) in [5.41, 5.74) is 0. The maximum Gasteiger partial charge on any atom is 0.219 e. The fourth-order valence-electron chi connectivity index (χ4n) is 1.82. The molecule has 0 aliphatic rings. The Hall–Kier alpha value is -0.730. The van der Waals surface area contributed by atoms with Crippen LogP contribution in [0.2, 0.25) is 0 Å². The van der Waals surface area contributed by atoms with Gasteiger partial charge < -0.3 is 29.3 Å². The summed E-state index contributed by atoms with van der Waals surface area (Å²) >= 11 is 0. The molecule has 1 amide bonds. The fourth-order valence-corrected chi connectivity index (χ4v) is 1.82. The van der Waals surface area contributed by atoms with Crippen molar-refractivity contribution in [1.82, 2.24) is 4.90 Å². The Morgan fingerprint density at radius 2 is 1.95 bits per heavy atom. The minimum atomic E-state index is -0.779. The monoisotopic (exact) mass is 307 g/mol. The molecule has 2 N–H and O–H groups in total. The van der Waals surface area contributed by atoms with Gasteiger partial charge in [-0.25, -0.2) is 0 Å². The van der Waals surface area contributed by atoms with Crippen LogP contribution in [0.4, 0.5) is 0 Å². The van der Waals surface area contributed by atoms with Crippen molar-refractivity contribution in [3.05, 3.63) is 0 Å². The van der Waals surface area contributed by atoms with Gasteiger partial charge in [0.15, 0.2) is 0 Å². The number of hydrogen-bond donors (Lipinski definition) is 2. The number of nitrogens with zero attached hydrogens (tertiary/aromatic N) is 1. The van der Waals surface area contributed by atoms with Crippen molar-refractivity contribution in [2.24, 2.45) is 0 Å². The third kappa shape index (κ3) is 10.6. The maximum atomic E-state index is 11.6. The van der Waals surface area contributed by atoms with E-state index in [1.54, 1.807) is 19.1 Å². The molecular formula is C14H29NO6. The van der Waals surface area contributed by atoms with Crippen molar-refractivity contribution < 1.29 is 29.2 Å². The van der Waals surface area contributed by atoms with Gasteiger partial charge in [0.25, 0.3) is 0 Å². The van der Waals surface area contributed by atoms with Crippen molar-refractivity contribution in [2.45, 2.75) is 32.0 Å². The van der Waals surface area contributed by atoms with Crippen LogP contribution in [-0.4, -0.2) is 87.0 Å². The van der Waals surface area contributed by atoms with Crippen LogP contribution in [0.1, 0.15) is 19.8 Å². The molecule has 2 atom stereocenters. The molecule has 0 bridgehead atoms. The lowest BCUT2D eigenvalue weighted by Gasteiger charge is -2.27. The number of carbonyl (C=O) groups excluding carboxylic acids is 1. The predicted octanol–water partition coefficient (Wildman–Crippen LogP) is -0.354. The number of ether oxygens (including phenoxy) is 3. The standard InChI is InChI=1S/C14H29NO6/c1-12(17)15(6-4-7-19-2)9-14(11-20-3)21-8-5-13(18)10-16/h13-14,16,18H,4-11H2,1-3H3. The Kier molecular flexibility index (Phi) is 12.5. The Morgan fingerprint density at radius 3 is 2.48 bits per heavy atom. The van der Waals surface area contributed by atoms with Crippen molar-refractivity contribution in [2.75, 3.05) is 53.7 Å². The average molecular weight is 307 g/mol. The topological polar surface area (TPSA) is 88.5 Å². The first-order valence-corrected chi connectivity index (χ1v) is 7.19. The smallest absolute Gasteiger partial charge is 0.219 e. The zero-order valence-electron chi connectivity index (χ0n) is 13.3. The number of rotatable bonds is 13. The number of carbonyl (C=O) groups is 1. The summed E-state index contributed by atoms with van der Waals surface area (Å²) in [5.74, 6) is -0.0220. The van der Waals surface area contributed by atoms with Crippen LogP contribution in [0, 0.1) is 0 Å². The molecule has 7 heteroatoms. The number of aliphatic hydroxyl groups is 2. The molecule has 0 rings (SSSR count). The molecule has 0 aromatic rings. The SMILES string of the molecule is COCCCN(CC(COC)OCCC(O)CO)C(C)=O. The summed E-state index contributed by atoms with van der Waals surface area (Å²) in [6.07, 6.45) is 0.0746. The Morgan fingerprint density at radius 1 is 1.24 bits per heavy atom.